The second-order valence-corrected chi connectivity index (χ2v) is 6.55. The highest BCUT2D eigenvalue weighted by Gasteiger charge is 2.23. The molecule has 1 saturated carbocycles. The molecule has 1 saturated heterocycles. The zero-order chi connectivity index (χ0) is 14.2. The fraction of sp³-hybridized carbons (Fsp3) is 1.00. The van der Waals surface area contributed by atoms with E-state index in [0.29, 0.717) is 12.6 Å². The number of hydrogen-bond acceptors (Lipinski definition) is 4. The topological polar surface area (TPSA) is 58.7 Å². The highest BCUT2D eigenvalue weighted by atomic mass is 16.5. The van der Waals surface area contributed by atoms with E-state index in [1.54, 1.807) is 0 Å². The molecule has 2 rings (SSSR count). The number of β-amino-alcohol motifs (C(OH)–C–C–N with tert-alkyl or cyclic N) is 1. The van der Waals surface area contributed by atoms with Crippen molar-refractivity contribution in [2.75, 3.05) is 32.8 Å². The predicted molar refractivity (Wildman–Crippen MR) is 81.7 cm³/mol. The molecule has 4 heteroatoms. The molecule has 1 heterocycles. The molecule has 118 valence electrons. The van der Waals surface area contributed by atoms with Crippen molar-refractivity contribution in [1.82, 2.24) is 4.90 Å². The Morgan fingerprint density at radius 2 is 1.85 bits per heavy atom. The van der Waals surface area contributed by atoms with Gasteiger partial charge in [0, 0.05) is 26.2 Å². The lowest BCUT2D eigenvalue weighted by Gasteiger charge is -2.33. The van der Waals surface area contributed by atoms with Crippen molar-refractivity contribution in [1.29, 1.82) is 0 Å². The molecule has 2 aliphatic rings. The van der Waals surface area contributed by atoms with Gasteiger partial charge in [0.05, 0.1) is 12.2 Å². The van der Waals surface area contributed by atoms with Gasteiger partial charge in [-0.25, -0.2) is 0 Å². The van der Waals surface area contributed by atoms with Gasteiger partial charge in [-0.2, -0.15) is 0 Å². The summed E-state index contributed by atoms with van der Waals surface area (Å²) < 4.78 is 5.82. The molecular weight excluding hydrogens is 252 g/mol. The molecule has 0 aromatic heterocycles. The summed E-state index contributed by atoms with van der Waals surface area (Å²) in [6.45, 7) is 4.49. The van der Waals surface area contributed by atoms with Gasteiger partial charge in [-0.3, -0.25) is 0 Å². The summed E-state index contributed by atoms with van der Waals surface area (Å²) >= 11 is 0. The van der Waals surface area contributed by atoms with E-state index in [1.165, 1.54) is 25.7 Å². The smallest absolute Gasteiger partial charge is 0.0669 e. The van der Waals surface area contributed by atoms with Gasteiger partial charge in [0.2, 0.25) is 0 Å². The molecule has 0 aromatic carbocycles. The Labute approximate surface area is 123 Å². The first-order valence-corrected chi connectivity index (χ1v) is 8.50. The zero-order valence-electron chi connectivity index (χ0n) is 12.8. The summed E-state index contributed by atoms with van der Waals surface area (Å²) in [6, 6.07) is 0. The number of nitrogens with two attached hydrogens (primary N) is 1. The minimum absolute atomic E-state index is 0.132. The van der Waals surface area contributed by atoms with Gasteiger partial charge in [-0.1, -0.05) is 25.7 Å². The molecule has 0 spiro atoms. The van der Waals surface area contributed by atoms with Gasteiger partial charge in [-0.15, -0.1) is 0 Å². The minimum Gasteiger partial charge on any atom is -0.392 e. The SMILES string of the molecule is NCCCOC1CCN(CC(O)CC2CCCC2)CC1. The average molecular weight is 284 g/mol. The van der Waals surface area contributed by atoms with Crippen LogP contribution in [0.3, 0.4) is 0 Å². The lowest BCUT2D eigenvalue weighted by atomic mass is 9.99. The molecule has 3 N–H and O–H groups in total. The van der Waals surface area contributed by atoms with Crippen LogP contribution in [0.25, 0.3) is 0 Å². The van der Waals surface area contributed by atoms with E-state index in [0.717, 1.165) is 57.8 Å². The van der Waals surface area contributed by atoms with Crippen molar-refractivity contribution in [2.24, 2.45) is 11.7 Å². The maximum Gasteiger partial charge on any atom is 0.0669 e. The van der Waals surface area contributed by atoms with Crippen LogP contribution in [0.2, 0.25) is 0 Å². The zero-order valence-corrected chi connectivity index (χ0v) is 12.8. The van der Waals surface area contributed by atoms with E-state index < -0.39 is 0 Å². The Hall–Kier alpha value is -0.160. The van der Waals surface area contributed by atoms with Crippen LogP contribution in [-0.2, 0) is 4.74 Å². The maximum atomic E-state index is 10.2. The third-order valence-corrected chi connectivity index (χ3v) is 4.79. The van der Waals surface area contributed by atoms with Gasteiger partial charge in [-0.05, 0) is 38.1 Å². The Bertz CT molecular complexity index is 249. The molecule has 1 atom stereocenters. The largest absolute Gasteiger partial charge is 0.392 e. The van der Waals surface area contributed by atoms with Crippen molar-refractivity contribution in [3.8, 4) is 0 Å². The van der Waals surface area contributed by atoms with Crippen LogP contribution < -0.4 is 5.73 Å². The molecule has 0 bridgehead atoms. The Balaban J connectivity index is 1.56. The fourth-order valence-corrected chi connectivity index (χ4v) is 3.60. The predicted octanol–water partition coefficient (Wildman–Crippen LogP) is 1.76. The lowest BCUT2D eigenvalue weighted by molar-refractivity contribution is -0.00435. The highest BCUT2D eigenvalue weighted by Crippen LogP contribution is 2.28. The number of aliphatic hydroxyl groups excluding tert-OH is 1. The molecule has 1 aliphatic carbocycles. The second kappa shape index (κ2) is 8.98. The lowest BCUT2D eigenvalue weighted by Crippen LogP contribution is -2.41. The molecule has 0 amide bonds. The van der Waals surface area contributed by atoms with Crippen molar-refractivity contribution in [3.63, 3.8) is 0 Å². The van der Waals surface area contributed by atoms with Crippen LogP contribution in [0.1, 0.15) is 51.4 Å². The molecule has 1 unspecified atom stereocenters. The van der Waals surface area contributed by atoms with Crippen LogP contribution in [0.15, 0.2) is 0 Å². The van der Waals surface area contributed by atoms with Crippen LogP contribution in [0, 0.1) is 5.92 Å². The van der Waals surface area contributed by atoms with E-state index in [-0.39, 0.29) is 6.10 Å². The number of aliphatic hydroxyl groups is 1. The number of hydrogen-bond donors (Lipinski definition) is 2. The summed E-state index contributed by atoms with van der Waals surface area (Å²) in [6.07, 6.45) is 9.82. The number of piperidine rings is 1. The van der Waals surface area contributed by atoms with E-state index in [1.807, 2.05) is 0 Å². The van der Waals surface area contributed by atoms with Crippen LogP contribution in [0.4, 0.5) is 0 Å². The number of rotatable bonds is 8. The molecular formula is C16H32N2O2. The van der Waals surface area contributed by atoms with Crippen molar-refractivity contribution >= 4 is 0 Å². The first-order chi connectivity index (χ1) is 9.78. The van der Waals surface area contributed by atoms with Crippen molar-refractivity contribution in [2.45, 2.75) is 63.6 Å². The molecule has 1 aliphatic heterocycles. The monoisotopic (exact) mass is 284 g/mol. The van der Waals surface area contributed by atoms with Gasteiger partial charge < -0.3 is 20.5 Å². The third-order valence-electron chi connectivity index (χ3n) is 4.79. The summed E-state index contributed by atoms with van der Waals surface area (Å²) in [7, 11) is 0. The van der Waals surface area contributed by atoms with E-state index in [4.69, 9.17) is 10.5 Å². The number of likely N-dealkylation sites (tertiary alicyclic amines) is 1. The molecule has 20 heavy (non-hydrogen) atoms. The van der Waals surface area contributed by atoms with Crippen LogP contribution >= 0.6 is 0 Å². The standard InChI is InChI=1S/C16H32N2O2/c17-8-3-11-20-16-6-9-18(10-7-16)13-15(19)12-14-4-1-2-5-14/h14-16,19H,1-13,17H2. The first kappa shape index (κ1) is 16.2. The summed E-state index contributed by atoms with van der Waals surface area (Å²) in [5.41, 5.74) is 5.47. The van der Waals surface area contributed by atoms with Crippen LogP contribution in [0.5, 0.6) is 0 Å². The first-order valence-electron chi connectivity index (χ1n) is 8.50. The van der Waals surface area contributed by atoms with E-state index in [9.17, 15) is 5.11 Å². The van der Waals surface area contributed by atoms with Gasteiger partial charge in [0.1, 0.15) is 0 Å². The minimum atomic E-state index is -0.132. The van der Waals surface area contributed by atoms with E-state index in [2.05, 4.69) is 4.90 Å². The van der Waals surface area contributed by atoms with Gasteiger partial charge >= 0.3 is 0 Å². The Kier molecular flexibility index (Phi) is 7.28. The molecule has 0 radical (unpaired) electrons. The summed E-state index contributed by atoms with van der Waals surface area (Å²) in [5.74, 6) is 0.780. The van der Waals surface area contributed by atoms with Crippen LogP contribution in [-0.4, -0.2) is 55.0 Å². The average Bonchev–Trinajstić information content (AvgIpc) is 2.94. The highest BCUT2D eigenvalue weighted by molar-refractivity contribution is 4.77. The van der Waals surface area contributed by atoms with Gasteiger partial charge in [0.15, 0.2) is 0 Å². The maximum absolute atomic E-state index is 10.2. The molecule has 4 nitrogen and oxygen atoms in total. The van der Waals surface area contributed by atoms with Crippen molar-refractivity contribution < 1.29 is 9.84 Å². The number of ether oxygens (including phenoxy) is 1. The quantitative estimate of drug-likeness (QED) is 0.667. The van der Waals surface area contributed by atoms with Gasteiger partial charge in [0.25, 0.3) is 0 Å². The van der Waals surface area contributed by atoms with Crippen molar-refractivity contribution in [3.05, 3.63) is 0 Å². The summed E-state index contributed by atoms with van der Waals surface area (Å²) in [4.78, 5) is 2.41. The third kappa shape index (κ3) is 5.68. The normalized spacial score (nSPS) is 24.3. The number of nitrogens with zero attached hydrogens (tertiary/aromatic N) is 1. The Morgan fingerprint density at radius 3 is 2.50 bits per heavy atom. The second-order valence-electron chi connectivity index (χ2n) is 6.55. The summed E-state index contributed by atoms with van der Waals surface area (Å²) in [5, 5.41) is 10.2. The Morgan fingerprint density at radius 1 is 1.15 bits per heavy atom. The van der Waals surface area contributed by atoms with E-state index >= 15 is 0 Å². The molecule has 0 aromatic rings. The fourth-order valence-electron chi connectivity index (χ4n) is 3.60. The molecule has 2 fully saturated rings.